The van der Waals surface area contributed by atoms with Gasteiger partial charge in [-0.3, -0.25) is 14.9 Å². The van der Waals surface area contributed by atoms with E-state index in [1.807, 2.05) is 4.90 Å². The van der Waals surface area contributed by atoms with Gasteiger partial charge in [0.25, 0.3) is 0 Å². The van der Waals surface area contributed by atoms with E-state index in [2.05, 4.69) is 5.32 Å². The number of benzene rings is 1. The van der Waals surface area contributed by atoms with Crippen LogP contribution >= 0.6 is 11.8 Å². The molecular formula is C17H22FN3O2S. The summed E-state index contributed by atoms with van der Waals surface area (Å²) in [6.45, 7) is 2.35. The minimum absolute atomic E-state index is 0.0709. The molecule has 0 aliphatic carbocycles. The zero-order valence-corrected chi connectivity index (χ0v) is 14.4. The van der Waals surface area contributed by atoms with Gasteiger partial charge in [-0.15, -0.1) is 11.8 Å². The first-order valence-corrected chi connectivity index (χ1v) is 9.42. The predicted octanol–water partition coefficient (Wildman–Crippen LogP) is 1.09. The second-order valence-electron chi connectivity index (χ2n) is 6.10. The third kappa shape index (κ3) is 4.08. The standard InChI is InChI=1S/C17H22FN3O2S/c18-14-5-2-1-4-13(14)10-16(22)20-6-3-7-21(9-8-20)17(23)15-11-24-12-19-15/h1-2,4-5,15,19H,3,6-12H2. The molecule has 1 aromatic rings. The van der Waals surface area contributed by atoms with E-state index in [-0.39, 0.29) is 30.1 Å². The summed E-state index contributed by atoms with van der Waals surface area (Å²) in [6.07, 6.45) is 0.829. The Balaban J connectivity index is 1.56. The summed E-state index contributed by atoms with van der Waals surface area (Å²) in [7, 11) is 0. The van der Waals surface area contributed by atoms with Gasteiger partial charge in [-0.25, -0.2) is 4.39 Å². The molecule has 5 nitrogen and oxygen atoms in total. The summed E-state index contributed by atoms with van der Waals surface area (Å²) in [5.74, 6) is 1.33. The molecule has 1 N–H and O–H groups in total. The minimum Gasteiger partial charge on any atom is -0.341 e. The average Bonchev–Trinajstić information content (AvgIpc) is 3.00. The summed E-state index contributed by atoms with van der Waals surface area (Å²) in [4.78, 5) is 28.5. The van der Waals surface area contributed by atoms with E-state index < -0.39 is 0 Å². The zero-order chi connectivity index (χ0) is 16.9. The Morgan fingerprint density at radius 1 is 1.17 bits per heavy atom. The van der Waals surface area contributed by atoms with Crippen LogP contribution < -0.4 is 5.32 Å². The van der Waals surface area contributed by atoms with E-state index in [1.54, 1.807) is 34.9 Å². The fraction of sp³-hybridized carbons (Fsp3) is 0.529. The lowest BCUT2D eigenvalue weighted by Crippen LogP contribution is -2.46. The molecule has 0 saturated carbocycles. The van der Waals surface area contributed by atoms with Crippen LogP contribution in [-0.2, 0) is 16.0 Å². The Bertz CT molecular complexity index is 607. The average molecular weight is 351 g/mol. The van der Waals surface area contributed by atoms with Gasteiger partial charge in [0.15, 0.2) is 0 Å². The first-order chi connectivity index (χ1) is 11.6. The number of amides is 2. The van der Waals surface area contributed by atoms with Crippen molar-refractivity contribution in [2.75, 3.05) is 37.8 Å². The van der Waals surface area contributed by atoms with Crippen molar-refractivity contribution in [2.24, 2.45) is 0 Å². The van der Waals surface area contributed by atoms with E-state index in [9.17, 15) is 14.0 Å². The quantitative estimate of drug-likeness (QED) is 0.886. The number of thioether (sulfide) groups is 1. The highest BCUT2D eigenvalue weighted by Gasteiger charge is 2.29. The number of hydrogen-bond acceptors (Lipinski definition) is 4. The Morgan fingerprint density at radius 2 is 1.92 bits per heavy atom. The number of carbonyl (C=O) groups is 2. The Kier molecular flexibility index (Phi) is 5.73. The molecule has 0 aromatic heterocycles. The Morgan fingerprint density at radius 3 is 2.67 bits per heavy atom. The maximum atomic E-state index is 13.7. The van der Waals surface area contributed by atoms with Crippen LogP contribution in [0.1, 0.15) is 12.0 Å². The van der Waals surface area contributed by atoms with Gasteiger partial charge in [0.2, 0.25) is 11.8 Å². The highest BCUT2D eigenvalue weighted by molar-refractivity contribution is 7.99. The SMILES string of the molecule is O=C(Cc1ccccc1F)N1CCCN(C(=O)C2CSCN2)CC1. The van der Waals surface area contributed by atoms with Crippen molar-refractivity contribution < 1.29 is 14.0 Å². The first kappa shape index (κ1) is 17.2. The van der Waals surface area contributed by atoms with Crippen molar-refractivity contribution in [3.8, 4) is 0 Å². The summed E-state index contributed by atoms with van der Waals surface area (Å²) >= 11 is 1.73. The fourth-order valence-electron chi connectivity index (χ4n) is 3.08. The van der Waals surface area contributed by atoms with Crippen LogP contribution in [0.2, 0.25) is 0 Å². The van der Waals surface area contributed by atoms with Crippen LogP contribution in [0.4, 0.5) is 4.39 Å². The molecule has 2 aliphatic heterocycles. The van der Waals surface area contributed by atoms with Gasteiger partial charge in [0.05, 0.1) is 12.5 Å². The number of nitrogens with one attached hydrogen (secondary N) is 1. The van der Waals surface area contributed by atoms with Gasteiger partial charge in [0, 0.05) is 37.8 Å². The molecule has 0 radical (unpaired) electrons. The molecule has 0 spiro atoms. The van der Waals surface area contributed by atoms with Crippen LogP contribution in [-0.4, -0.2) is 65.5 Å². The number of nitrogens with zero attached hydrogens (tertiary/aromatic N) is 2. The van der Waals surface area contributed by atoms with Crippen LogP contribution in [0.5, 0.6) is 0 Å². The Labute approximate surface area is 145 Å². The molecule has 1 aromatic carbocycles. The normalized spacial score (nSPS) is 21.6. The molecule has 1 atom stereocenters. The number of hydrogen-bond donors (Lipinski definition) is 1. The first-order valence-electron chi connectivity index (χ1n) is 8.26. The van der Waals surface area contributed by atoms with Gasteiger partial charge >= 0.3 is 0 Å². The third-order valence-electron chi connectivity index (χ3n) is 4.47. The smallest absolute Gasteiger partial charge is 0.240 e. The summed E-state index contributed by atoms with van der Waals surface area (Å²) in [5, 5.41) is 3.20. The van der Waals surface area contributed by atoms with Crippen molar-refractivity contribution >= 4 is 23.6 Å². The number of halogens is 1. The maximum Gasteiger partial charge on any atom is 0.240 e. The Hall–Kier alpha value is -1.60. The molecule has 2 heterocycles. The van der Waals surface area contributed by atoms with E-state index >= 15 is 0 Å². The van der Waals surface area contributed by atoms with Crippen molar-refractivity contribution in [1.82, 2.24) is 15.1 Å². The van der Waals surface area contributed by atoms with Crippen LogP contribution in [0.15, 0.2) is 24.3 Å². The molecule has 2 fully saturated rings. The molecule has 2 aliphatic rings. The van der Waals surface area contributed by atoms with Crippen LogP contribution in [0, 0.1) is 5.82 Å². The molecule has 2 amide bonds. The van der Waals surface area contributed by atoms with Gasteiger partial charge in [-0.2, -0.15) is 0 Å². The molecule has 1 unspecified atom stereocenters. The third-order valence-corrected chi connectivity index (χ3v) is 5.41. The second-order valence-corrected chi connectivity index (χ2v) is 7.13. The minimum atomic E-state index is -0.345. The maximum absolute atomic E-state index is 13.7. The molecule has 24 heavy (non-hydrogen) atoms. The van der Waals surface area contributed by atoms with Crippen molar-refractivity contribution in [3.63, 3.8) is 0 Å². The van der Waals surface area contributed by atoms with Gasteiger partial charge < -0.3 is 9.80 Å². The van der Waals surface area contributed by atoms with Crippen LogP contribution in [0.25, 0.3) is 0 Å². The molecule has 0 bridgehead atoms. The van der Waals surface area contributed by atoms with E-state index in [0.29, 0.717) is 31.7 Å². The molecule has 3 rings (SSSR count). The monoisotopic (exact) mass is 351 g/mol. The zero-order valence-electron chi connectivity index (χ0n) is 13.5. The molecule has 2 saturated heterocycles. The van der Waals surface area contributed by atoms with Crippen LogP contribution in [0.3, 0.4) is 0 Å². The molecule has 7 heteroatoms. The predicted molar refractivity (Wildman–Crippen MR) is 92.1 cm³/mol. The van der Waals surface area contributed by atoms with E-state index in [0.717, 1.165) is 18.1 Å². The topological polar surface area (TPSA) is 52.7 Å². The van der Waals surface area contributed by atoms with Crippen molar-refractivity contribution in [1.29, 1.82) is 0 Å². The lowest BCUT2D eigenvalue weighted by atomic mass is 10.1. The van der Waals surface area contributed by atoms with Crippen molar-refractivity contribution in [2.45, 2.75) is 18.9 Å². The summed E-state index contributed by atoms with van der Waals surface area (Å²) < 4.78 is 13.7. The van der Waals surface area contributed by atoms with Crippen molar-refractivity contribution in [3.05, 3.63) is 35.6 Å². The summed E-state index contributed by atoms with van der Waals surface area (Å²) in [5.41, 5.74) is 0.423. The lowest BCUT2D eigenvalue weighted by Gasteiger charge is -2.24. The number of rotatable bonds is 3. The highest BCUT2D eigenvalue weighted by Crippen LogP contribution is 2.14. The highest BCUT2D eigenvalue weighted by atomic mass is 32.2. The summed E-state index contributed by atoms with van der Waals surface area (Å²) in [6, 6.07) is 6.27. The molecule has 130 valence electrons. The fourth-order valence-corrected chi connectivity index (χ4v) is 4.01. The number of carbonyl (C=O) groups excluding carboxylic acids is 2. The van der Waals surface area contributed by atoms with Gasteiger partial charge in [0.1, 0.15) is 5.82 Å². The van der Waals surface area contributed by atoms with Gasteiger partial charge in [-0.05, 0) is 18.1 Å². The van der Waals surface area contributed by atoms with E-state index in [1.165, 1.54) is 6.07 Å². The van der Waals surface area contributed by atoms with E-state index in [4.69, 9.17) is 0 Å². The molecular weight excluding hydrogens is 329 g/mol. The second kappa shape index (κ2) is 7.98. The van der Waals surface area contributed by atoms with Gasteiger partial charge in [-0.1, -0.05) is 18.2 Å². The largest absolute Gasteiger partial charge is 0.341 e. The lowest BCUT2D eigenvalue weighted by molar-refractivity contribution is -0.134.